The summed E-state index contributed by atoms with van der Waals surface area (Å²) in [6, 6.07) is 8.30. The molecule has 21 heavy (non-hydrogen) atoms. The molecule has 110 valence electrons. The van der Waals surface area contributed by atoms with Crippen LogP contribution in [-0.2, 0) is 9.53 Å². The predicted molar refractivity (Wildman–Crippen MR) is 82.6 cm³/mol. The Morgan fingerprint density at radius 2 is 2.10 bits per heavy atom. The van der Waals surface area contributed by atoms with Crippen LogP contribution in [0.25, 0.3) is 0 Å². The highest BCUT2D eigenvalue weighted by Gasteiger charge is 2.21. The summed E-state index contributed by atoms with van der Waals surface area (Å²) in [5.74, 6) is -0.657. The Hall–Kier alpha value is -1.85. The lowest BCUT2D eigenvalue weighted by molar-refractivity contribution is -0.141. The summed E-state index contributed by atoms with van der Waals surface area (Å²) in [4.78, 5) is 23.7. The second kappa shape index (κ2) is 7.24. The molecule has 0 unspecified atom stereocenters. The van der Waals surface area contributed by atoms with Crippen LogP contribution >= 0.6 is 22.9 Å². The molecule has 6 heteroatoms. The van der Waals surface area contributed by atoms with Crippen molar-refractivity contribution in [2.75, 3.05) is 7.11 Å². The normalized spacial score (nSPS) is 11.7. The van der Waals surface area contributed by atoms with Crippen LogP contribution in [0.4, 0.5) is 0 Å². The monoisotopic (exact) mass is 323 g/mol. The number of benzene rings is 1. The lowest BCUT2D eigenvalue weighted by atomic mass is 10.0. The molecule has 0 aliphatic heterocycles. The Balaban J connectivity index is 2.22. The van der Waals surface area contributed by atoms with Crippen molar-refractivity contribution >= 4 is 34.8 Å². The fraction of sp³-hybridized carbons (Fsp3) is 0.200. The topological polar surface area (TPSA) is 55.4 Å². The van der Waals surface area contributed by atoms with Gasteiger partial charge in [0, 0.05) is 10.4 Å². The van der Waals surface area contributed by atoms with E-state index in [2.05, 4.69) is 10.1 Å². The van der Waals surface area contributed by atoms with Gasteiger partial charge in [-0.15, -0.1) is 0 Å². The van der Waals surface area contributed by atoms with Crippen LogP contribution < -0.4 is 5.32 Å². The van der Waals surface area contributed by atoms with Crippen LogP contribution in [0.2, 0.25) is 5.02 Å². The fourth-order valence-corrected chi connectivity index (χ4v) is 2.79. The molecule has 0 saturated carbocycles. The van der Waals surface area contributed by atoms with Gasteiger partial charge < -0.3 is 10.1 Å². The maximum absolute atomic E-state index is 12.2. The van der Waals surface area contributed by atoms with Gasteiger partial charge >= 0.3 is 5.97 Å². The van der Waals surface area contributed by atoms with Gasteiger partial charge in [-0.3, -0.25) is 9.59 Å². The number of hydrogen-bond acceptors (Lipinski definition) is 4. The third kappa shape index (κ3) is 4.06. The maximum Gasteiger partial charge on any atom is 0.307 e. The number of nitrogens with one attached hydrogen (secondary N) is 1. The standard InChI is InChI=1S/C15H14ClNO3S/c1-20-14(18)8-13(11-4-2-3-5-12(11)16)17-15(19)10-6-7-21-9-10/h2-7,9,13H,8H2,1H3,(H,17,19)/t13-/m1/s1. The van der Waals surface area contributed by atoms with Crippen LogP contribution in [0.15, 0.2) is 41.1 Å². The Bertz CT molecular complexity index is 628. The van der Waals surface area contributed by atoms with Crippen molar-refractivity contribution in [2.45, 2.75) is 12.5 Å². The third-order valence-corrected chi connectivity index (χ3v) is 4.00. The zero-order valence-corrected chi connectivity index (χ0v) is 12.9. The fourth-order valence-electron chi connectivity index (χ4n) is 1.88. The van der Waals surface area contributed by atoms with E-state index in [1.165, 1.54) is 18.4 Å². The van der Waals surface area contributed by atoms with Gasteiger partial charge in [-0.1, -0.05) is 29.8 Å². The molecular formula is C15H14ClNO3S. The lowest BCUT2D eigenvalue weighted by Gasteiger charge is -2.19. The first kappa shape index (κ1) is 15.5. The van der Waals surface area contributed by atoms with Gasteiger partial charge in [-0.25, -0.2) is 0 Å². The van der Waals surface area contributed by atoms with Crippen LogP contribution in [0.1, 0.15) is 28.4 Å². The van der Waals surface area contributed by atoms with E-state index in [1.54, 1.807) is 29.6 Å². The number of methoxy groups -OCH3 is 1. The molecule has 0 fully saturated rings. The smallest absolute Gasteiger partial charge is 0.307 e. The van der Waals surface area contributed by atoms with E-state index in [0.29, 0.717) is 16.1 Å². The molecule has 2 rings (SSSR count). The largest absolute Gasteiger partial charge is 0.469 e. The summed E-state index contributed by atoms with van der Waals surface area (Å²) in [5.41, 5.74) is 1.25. The number of thiophene rings is 1. The maximum atomic E-state index is 12.2. The zero-order chi connectivity index (χ0) is 15.2. The van der Waals surface area contributed by atoms with E-state index in [4.69, 9.17) is 11.6 Å². The highest BCUT2D eigenvalue weighted by molar-refractivity contribution is 7.08. The van der Waals surface area contributed by atoms with E-state index in [9.17, 15) is 9.59 Å². The molecule has 4 nitrogen and oxygen atoms in total. The average Bonchev–Trinajstić information content (AvgIpc) is 3.01. The van der Waals surface area contributed by atoms with Gasteiger partial charge in [-0.2, -0.15) is 11.3 Å². The van der Waals surface area contributed by atoms with E-state index >= 15 is 0 Å². The van der Waals surface area contributed by atoms with Gasteiger partial charge in [0.1, 0.15) is 0 Å². The molecular weight excluding hydrogens is 310 g/mol. The zero-order valence-electron chi connectivity index (χ0n) is 11.3. The van der Waals surface area contributed by atoms with Crippen LogP contribution in [0, 0.1) is 0 Å². The quantitative estimate of drug-likeness (QED) is 0.858. The Labute approximate surface area is 131 Å². The van der Waals surface area contributed by atoms with Crippen molar-refractivity contribution in [3.05, 3.63) is 57.2 Å². The van der Waals surface area contributed by atoms with E-state index < -0.39 is 12.0 Å². The minimum Gasteiger partial charge on any atom is -0.469 e. The highest BCUT2D eigenvalue weighted by atomic mass is 35.5. The van der Waals surface area contributed by atoms with Crippen molar-refractivity contribution in [1.29, 1.82) is 0 Å². The highest BCUT2D eigenvalue weighted by Crippen LogP contribution is 2.26. The summed E-state index contributed by atoms with van der Waals surface area (Å²) >= 11 is 7.59. The Morgan fingerprint density at radius 1 is 1.33 bits per heavy atom. The van der Waals surface area contributed by atoms with Crippen molar-refractivity contribution in [3.63, 3.8) is 0 Å². The van der Waals surface area contributed by atoms with Crippen LogP contribution in [-0.4, -0.2) is 19.0 Å². The number of carbonyl (C=O) groups excluding carboxylic acids is 2. The number of carbonyl (C=O) groups is 2. The number of amides is 1. The van der Waals surface area contributed by atoms with Crippen molar-refractivity contribution in [2.24, 2.45) is 0 Å². The number of ether oxygens (including phenoxy) is 1. The molecule has 2 aromatic rings. The van der Waals surface area contributed by atoms with Crippen molar-refractivity contribution in [1.82, 2.24) is 5.32 Å². The summed E-state index contributed by atoms with van der Waals surface area (Å²) < 4.78 is 4.68. The molecule has 0 aliphatic carbocycles. The number of rotatable bonds is 5. The summed E-state index contributed by atoms with van der Waals surface area (Å²) in [6.45, 7) is 0. The van der Waals surface area contributed by atoms with Gasteiger partial charge in [0.2, 0.25) is 0 Å². The SMILES string of the molecule is COC(=O)C[C@@H](NC(=O)c1ccsc1)c1ccccc1Cl. The van der Waals surface area contributed by atoms with E-state index in [0.717, 1.165) is 0 Å². The number of halogens is 1. The van der Waals surface area contributed by atoms with Crippen LogP contribution in [0.3, 0.4) is 0 Å². The van der Waals surface area contributed by atoms with Crippen molar-refractivity contribution < 1.29 is 14.3 Å². The molecule has 1 aromatic heterocycles. The molecule has 1 N–H and O–H groups in total. The predicted octanol–water partition coefficient (Wildman–Crippen LogP) is 3.44. The molecule has 0 radical (unpaired) electrons. The van der Waals surface area contributed by atoms with Gasteiger partial charge in [0.25, 0.3) is 5.91 Å². The third-order valence-electron chi connectivity index (χ3n) is 2.97. The second-order valence-corrected chi connectivity index (χ2v) is 5.53. The number of esters is 1. The molecule has 1 aromatic carbocycles. The average molecular weight is 324 g/mol. The van der Waals surface area contributed by atoms with Crippen LogP contribution in [0.5, 0.6) is 0 Å². The molecule has 0 aliphatic rings. The second-order valence-electron chi connectivity index (χ2n) is 4.34. The Kier molecular flexibility index (Phi) is 5.36. The van der Waals surface area contributed by atoms with Gasteiger partial charge in [0.15, 0.2) is 0 Å². The molecule has 0 saturated heterocycles. The first-order chi connectivity index (χ1) is 10.1. The van der Waals surface area contributed by atoms with Crippen molar-refractivity contribution in [3.8, 4) is 0 Å². The Morgan fingerprint density at radius 3 is 2.71 bits per heavy atom. The summed E-state index contributed by atoms with van der Waals surface area (Å²) in [5, 5.41) is 6.89. The van der Waals surface area contributed by atoms with E-state index in [-0.39, 0.29) is 12.3 Å². The number of hydrogen-bond donors (Lipinski definition) is 1. The summed E-state index contributed by atoms with van der Waals surface area (Å²) in [6.07, 6.45) is 0.0239. The van der Waals surface area contributed by atoms with Gasteiger partial charge in [-0.05, 0) is 23.1 Å². The summed E-state index contributed by atoms with van der Waals surface area (Å²) in [7, 11) is 1.31. The molecule has 0 bridgehead atoms. The molecule has 1 amide bonds. The minimum atomic E-state index is -0.529. The molecule has 1 heterocycles. The van der Waals surface area contributed by atoms with Gasteiger partial charge in [0.05, 0.1) is 25.1 Å². The van der Waals surface area contributed by atoms with E-state index in [1.807, 2.05) is 11.4 Å². The lowest BCUT2D eigenvalue weighted by Crippen LogP contribution is -2.30. The minimum absolute atomic E-state index is 0.0239. The first-order valence-electron chi connectivity index (χ1n) is 6.26. The first-order valence-corrected chi connectivity index (χ1v) is 7.58. The molecule has 1 atom stereocenters. The molecule has 0 spiro atoms.